The van der Waals surface area contributed by atoms with Gasteiger partial charge in [0.05, 0.1) is 11.0 Å². The maximum atomic E-state index is 14.2. The molecule has 0 unspecified atom stereocenters. The van der Waals surface area contributed by atoms with Crippen LogP contribution in [0.15, 0.2) is 36.5 Å². The quantitative estimate of drug-likeness (QED) is 0.773. The monoisotopic (exact) mass is 390 g/mol. The number of hydrogen-bond acceptors (Lipinski definition) is 3. The van der Waals surface area contributed by atoms with Crippen molar-refractivity contribution < 1.29 is 35.9 Å². The molecule has 1 aromatic carbocycles. The van der Waals surface area contributed by atoms with Gasteiger partial charge in [0, 0.05) is 12.3 Å². The maximum Gasteiger partial charge on any atom is 0.454 e. The molecule has 0 radical (unpaired) electrons. The first-order valence-corrected chi connectivity index (χ1v) is 7.66. The van der Waals surface area contributed by atoms with Crippen molar-refractivity contribution in [1.29, 1.82) is 0 Å². The van der Waals surface area contributed by atoms with Crippen molar-refractivity contribution in [3.63, 3.8) is 0 Å². The normalized spacial score (nSPS) is 16.1. The fourth-order valence-corrected chi connectivity index (χ4v) is 2.76. The molecule has 3 rings (SSSR count). The van der Waals surface area contributed by atoms with Crippen molar-refractivity contribution in [2.45, 2.75) is 30.4 Å². The summed E-state index contributed by atoms with van der Waals surface area (Å²) in [4.78, 5) is 14.7. The van der Waals surface area contributed by atoms with E-state index < -0.39 is 53.4 Å². The molecule has 1 heterocycles. The number of alkyl halides is 5. The second-order valence-electron chi connectivity index (χ2n) is 6.15. The Kier molecular flexibility index (Phi) is 4.32. The molecule has 1 saturated carbocycles. The third-order valence-electron chi connectivity index (χ3n) is 4.43. The van der Waals surface area contributed by atoms with E-state index in [0.717, 1.165) is 18.3 Å². The van der Waals surface area contributed by atoms with Crippen molar-refractivity contribution in [2.75, 3.05) is 0 Å². The Balaban J connectivity index is 1.85. The van der Waals surface area contributed by atoms with Crippen LogP contribution in [-0.2, 0) is 5.41 Å². The molecule has 1 fully saturated rings. The number of benzene rings is 1. The SMILES string of the molecule is NC(=O)c1ccc(Oc2ccc(C3(C(F)(F)C(F)(F)F)CC3)cc2F)nc1. The number of pyridine rings is 1. The number of hydrogen-bond donors (Lipinski definition) is 1. The van der Waals surface area contributed by atoms with Gasteiger partial charge in [0.25, 0.3) is 0 Å². The van der Waals surface area contributed by atoms with Gasteiger partial charge < -0.3 is 10.5 Å². The van der Waals surface area contributed by atoms with Crippen LogP contribution in [0, 0.1) is 5.82 Å². The second-order valence-corrected chi connectivity index (χ2v) is 6.15. The summed E-state index contributed by atoms with van der Waals surface area (Å²) in [5.74, 6) is -7.35. The summed E-state index contributed by atoms with van der Waals surface area (Å²) in [5.41, 5.74) is 2.22. The molecule has 1 aliphatic carbocycles. The summed E-state index contributed by atoms with van der Waals surface area (Å²) >= 11 is 0. The highest BCUT2D eigenvalue weighted by Gasteiger charge is 2.75. The lowest BCUT2D eigenvalue weighted by Gasteiger charge is -2.29. The van der Waals surface area contributed by atoms with E-state index in [1.807, 2.05) is 0 Å². The van der Waals surface area contributed by atoms with Crippen LogP contribution in [-0.4, -0.2) is 23.0 Å². The largest absolute Gasteiger partial charge is 0.454 e. The fraction of sp³-hybridized carbons (Fsp3) is 0.294. The van der Waals surface area contributed by atoms with E-state index in [9.17, 15) is 31.1 Å². The van der Waals surface area contributed by atoms with Crippen molar-refractivity contribution >= 4 is 5.91 Å². The fourth-order valence-electron chi connectivity index (χ4n) is 2.76. The molecule has 144 valence electrons. The molecule has 4 nitrogen and oxygen atoms in total. The van der Waals surface area contributed by atoms with E-state index in [2.05, 4.69) is 4.98 Å². The summed E-state index contributed by atoms with van der Waals surface area (Å²) in [5, 5.41) is 0. The minimum absolute atomic E-state index is 0.0863. The van der Waals surface area contributed by atoms with Gasteiger partial charge in [-0.3, -0.25) is 4.79 Å². The molecular formula is C17H12F6N2O2. The summed E-state index contributed by atoms with van der Waals surface area (Å²) < 4.78 is 85.1. The van der Waals surface area contributed by atoms with Crippen LogP contribution >= 0.6 is 0 Å². The number of ether oxygens (including phenoxy) is 1. The Morgan fingerprint density at radius 2 is 1.78 bits per heavy atom. The van der Waals surface area contributed by atoms with Gasteiger partial charge in [-0.25, -0.2) is 9.37 Å². The van der Waals surface area contributed by atoms with E-state index in [4.69, 9.17) is 10.5 Å². The van der Waals surface area contributed by atoms with Crippen LogP contribution in [0.2, 0.25) is 0 Å². The molecule has 0 atom stereocenters. The Morgan fingerprint density at radius 1 is 1.11 bits per heavy atom. The second kappa shape index (κ2) is 6.14. The van der Waals surface area contributed by atoms with Crippen LogP contribution in [0.5, 0.6) is 11.6 Å². The molecule has 2 aromatic rings. The van der Waals surface area contributed by atoms with Crippen molar-refractivity contribution in [2.24, 2.45) is 5.73 Å². The number of carbonyl (C=O) groups is 1. The highest BCUT2D eigenvalue weighted by atomic mass is 19.4. The minimum atomic E-state index is -5.73. The molecule has 1 aromatic heterocycles. The van der Waals surface area contributed by atoms with E-state index >= 15 is 0 Å². The number of nitrogens with zero attached hydrogens (tertiary/aromatic N) is 1. The zero-order chi connectivity index (χ0) is 20.0. The maximum absolute atomic E-state index is 14.2. The van der Waals surface area contributed by atoms with E-state index in [0.29, 0.717) is 6.07 Å². The predicted octanol–water partition coefficient (Wildman–Crippen LogP) is 4.34. The summed E-state index contributed by atoms with van der Waals surface area (Å²) in [7, 11) is 0. The number of primary amides is 1. The molecule has 1 aliphatic rings. The number of amides is 1. The number of rotatable bonds is 5. The molecular weight excluding hydrogens is 378 g/mol. The number of nitrogens with two attached hydrogens (primary N) is 1. The molecule has 1 amide bonds. The van der Waals surface area contributed by atoms with Gasteiger partial charge in [0.2, 0.25) is 11.8 Å². The molecule has 2 N–H and O–H groups in total. The minimum Gasteiger partial charge on any atom is -0.436 e. The smallest absolute Gasteiger partial charge is 0.436 e. The van der Waals surface area contributed by atoms with Crippen LogP contribution in [0.4, 0.5) is 26.3 Å². The number of halogens is 6. The van der Waals surface area contributed by atoms with E-state index in [1.165, 1.54) is 12.1 Å². The van der Waals surface area contributed by atoms with Gasteiger partial charge in [0.15, 0.2) is 11.6 Å². The average molecular weight is 390 g/mol. The van der Waals surface area contributed by atoms with E-state index in [-0.39, 0.29) is 11.4 Å². The third kappa shape index (κ3) is 3.19. The average Bonchev–Trinajstić information content (AvgIpc) is 3.38. The molecule has 0 bridgehead atoms. The zero-order valence-electron chi connectivity index (χ0n) is 13.5. The Morgan fingerprint density at radius 3 is 2.22 bits per heavy atom. The highest BCUT2D eigenvalue weighted by molar-refractivity contribution is 5.92. The van der Waals surface area contributed by atoms with Gasteiger partial charge in [-0.05, 0) is 36.6 Å². The van der Waals surface area contributed by atoms with Crippen molar-refractivity contribution in [3.05, 3.63) is 53.5 Å². The molecule has 0 aliphatic heterocycles. The standard InChI is InChI=1S/C17H12F6N2O2/c18-11-7-10(15(5-6-15)16(19,20)17(21,22)23)2-3-12(11)27-13-4-1-9(8-25-13)14(24)26/h1-4,7-8H,5-6H2,(H2,24,26). The Labute approximate surface area is 149 Å². The van der Waals surface area contributed by atoms with Crippen LogP contribution in [0.1, 0.15) is 28.8 Å². The van der Waals surface area contributed by atoms with Crippen molar-refractivity contribution in [1.82, 2.24) is 4.98 Å². The molecule has 10 heteroatoms. The number of carbonyl (C=O) groups excluding carboxylic acids is 1. The first-order valence-electron chi connectivity index (χ1n) is 7.66. The van der Waals surface area contributed by atoms with E-state index in [1.54, 1.807) is 0 Å². The number of aromatic nitrogens is 1. The summed E-state index contributed by atoms with van der Waals surface area (Å²) in [6.07, 6.45) is -5.46. The lowest BCUT2D eigenvalue weighted by Crippen LogP contribution is -2.47. The summed E-state index contributed by atoms with van der Waals surface area (Å²) in [6.45, 7) is 0. The van der Waals surface area contributed by atoms with Gasteiger partial charge >= 0.3 is 12.1 Å². The first-order chi connectivity index (χ1) is 12.5. The van der Waals surface area contributed by atoms with Crippen LogP contribution in [0.3, 0.4) is 0 Å². The van der Waals surface area contributed by atoms with Gasteiger partial charge in [-0.1, -0.05) is 6.07 Å². The lowest BCUT2D eigenvalue weighted by atomic mass is 9.88. The molecule has 0 spiro atoms. The predicted molar refractivity (Wildman–Crippen MR) is 81.1 cm³/mol. The van der Waals surface area contributed by atoms with Crippen LogP contribution in [0.25, 0.3) is 0 Å². The van der Waals surface area contributed by atoms with Crippen molar-refractivity contribution in [3.8, 4) is 11.6 Å². The van der Waals surface area contributed by atoms with Gasteiger partial charge in [0.1, 0.15) is 0 Å². The first kappa shape index (κ1) is 19.0. The molecule has 27 heavy (non-hydrogen) atoms. The Hall–Kier alpha value is -2.78. The lowest BCUT2D eigenvalue weighted by molar-refractivity contribution is -0.296. The highest BCUT2D eigenvalue weighted by Crippen LogP contribution is 2.63. The topological polar surface area (TPSA) is 65.2 Å². The van der Waals surface area contributed by atoms with Gasteiger partial charge in [-0.2, -0.15) is 22.0 Å². The summed E-state index contributed by atoms with van der Waals surface area (Å²) in [6, 6.07) is 5.05. The third-order valence-corrected chi connectivity index (χ3v) is 4.43. The van der Waals surface area contributed by atoms with Gasteiger partial charge in [-0.15, -0.1) is 0 Å². The zero-order valence-corrected chi connectivity index (χ0v) is 13.5. The Bertz CT molecular complexity index is 876. The van der Waals surface area contributed by atoms with Crippen LogP contribution < -0.4 is 10.5 Å². The molecule has 0 saturated heterocycles.